The highest BCUT2D eigenvalue weighted by Crippen LogP contribution is 2.19. The van der Waals surface area contributed by atoms with Crippen LogP contribution in [-0.2, 0) is 14.4 Å². The topological polar surface area (TPSA) is 95.5 Å². The zero-order chi connectivity index (χ0) is 18.2. The minimum Gasteiger partial charge on any atom is -0.481 e. The Balaban J connectivity index is 2.58. The molecule has 2 amide bonds. The van der Waals surface area contributed by atoms with Gasteiger partial charge in [-0.15, -0.1) is 0 Å². The molecular formula is C18H26N2O4. The molecule has 0 spiro atoms. The molecule has 6 nitrogen and oxygen atoms in total. The maximum atomic E-state index is 12.1. The molecule has 0 heterocycles. The van der Waals surface area contributed by atoms with E-state index in [0.29, 0.717) is 12.8 Å². The molecule has 0 saturated carbocycles. The predicted octanol–water partition coefficient (Wildman–Crippen LogP) is 2.26. The van der Waals surface area contributed by atoms with Crippen LogP contribution in [0.15, 0.2) is 30.3 Å². The first-order valence-corrected chi connectivity index (χ1v) is 8.00. The van der Waals surface area contributed by atoms with Crippen LogP contribution in [0.5, 0.6) is 0 Å². The zero-order valence-electron chi connectivity index (χ0n) is 14.5. The third-order valence-corrected chi connectivity index (χ3v) is 3.32. The standard InChI is InChI=1S/C18H26N2O4/c1-18(2,3)11-15(21)19-12-16(22)20-14(9-10-17(23)24)13-7-5-4-6-8-13/h4-8,14H,9-12H2,1-3H3,(H,19,21)(H,20,22)(H,23,24). The van der Waals surface area contributed by atoms with Crippen molar-refractivity contribution in [2.75, 3.05) is 6.54 Å². The Hall–Kier alpha value is -2.37. The van der Waals surface area contributed by atoms with Crippen molar-refractivity contribution in [3.8, 4) is 0 Å². The highest BCUT2D eigenvalue weighted by Gasteiger charge is 2.18. The number of hydrogen-bond donors (Lipinski definition) is 3. The minimum atomic E-state index is -0.913. The van der Waals surface area contributed by atoms with Gasteiger partial charge in [0.05, 0.1) is 12.6 Å². The van der Waals surface area contributed by atoms with E-state index in [2.05, 4.69) is 10.6 Å². The molecule has 0 radical (unpaired) electrons. The smallest absolute Gasteiger partial charge is 0.303 e. The van der Waals surface area contributed by atoms with E-state index in [1.54, 1.807) is 0 Å². The van der Waals surface area contributed by atoms with Gasteiger partial charge in [-0.3, -0.25) is 14.4 Å². The maximum Gasteiger partial charge on any atom is 0.303 e. The molecule has 1 atom stereocenters. The van der Waals surface area contributed by atoms with E-state index >= 15 is 0 Å². The Bertz CT molecular complexity index is 564. The van der Waals surface area contributed by atoms with Gasteiger partial charge in [-0.25, -0.2) is 0 Å². The van der Waals surface area contributed by atoms with Gasteiger partial charge in [0, 0.05) is 12.8 Å². The number of carboxylic acid groups (broad SMARTS) is 1. The number of carboxylic acids is 1. The fraction of sp³-hybridized carbons (Fsp3) is 0.500. The van der Waals surface area contributed by atoms with Crippen LogP contribution in [0, 0.1) is 5.41 Å². The van der Waals surface area contributed by atoms with E-state index in [-0.39, 0.29) is 30.2 Å². The van der Waals surface area contributed by atoms with Gasteiger partial charge >= 0.3 is 5.97 Å². The highest BCUT2D eigenvalue weighted by molar-refractivity contribution is 5.85. The Labute approximate surface area is 142 Å². The van der Waals surface area contributed by atoms with Gasteiger partial charge in [0.1, 0.15) is 0 Å². The van der Waals surface area contributed by atoms with Crippen LogP contribution in [0.25, 0.3) is 0 Å². The van der Waals surface area contributed by atoms with Crippen molar-refractivity contribution in [1.29, 1.82) is 0 Å². The lowest BCUT2D eigenvalue weighted by Crippen LogP contribution is -2.39. The molecule has 132 valence electrons. The molecule has 0 aromatic heterocycles. The van der Waals surface area contributed by atoms with Crippen molar-refractivity contribution < 1.29 is 19.5 Å². The van der Waals surface area contributed by atoms with Crippen molar-refractivity contribution in [2.45, 2.75) is 46.1 Å². The molecule has 0 fully saturated rings. The average molecular weight is 334 g/mol. The maximum absolute atomic E-state index is 12.1. The first kappa shape index (κ1) is 19.7. The quantitative estimate of drug-likeness (QED) is 0.679. The molecule has 1 aromatic rings. The number of rotatable bonds is 8. The Morgan fingerprint density at radius 2 is 1.71 bits per heavy atom. The second kappa shape index (κ2) is 9.05. The summed E-state index contributed by atoms with van der Waals surface area (Å²) in [5, 5.41) is 14.2. The summed E-state index contributed by atoms with van der Waals surface area (Å²) in [7, 11) is 0. The van der Waals surface area contributed by atoms with Gasteiger partial charge in [-0.2, -0.15) is 0 Å². The van der Waals surface area contributed by atoms with E-state index in [0.717, 1.165) is 5.56 Å². The summed E-state index contributed by atoms with van der Waals surface area (Å²) in [4.78, 5) is 34.6. The van der Waals surface area contributed by atoms with E-state index in [1.165, 1.54) is 0 Å². The van der Waals surface area contributed by atoms with Crippen LogP contribution in [0.2, 0.25) is 0 Å². The molecule has 0 bridgehead atoms. The number of hydrogen-bond acceptors (Lipinski definition) is 3. The van der Waals surface area contributed by atoms with Crippen LogP contribution in [-0.4, -0.2) is 29.4 Å². The van der Waals surface area contributed by atoms with Crippen LogP contribution in [0.3, 0.4) is 0 Å². The Morgan fingerprint density at radius 3 is 2.25 bits per heavy atom. The normalized spacial score (nSPS) is 12.3. The first-order chi connectivity index (χ1) is 11.2. The monoisotopic (exact) mass is 334 g/mol. The van der Waals surface area contributed by atoms with E-state index in [4.69, 9.17) is 5.11 Å². The number of carbonyl (C=O) groups excluding carboxylic acids is 2. The number of amides is 2. The fourth-order valence-corrected chi connectivity index (χ4v) is 2.24. The molecular weight excluding hydrogens is 308 g/mol. The Kier molecular flexibility index (Phi) is 7.42. The van der Waals surface area contributed by atoms with Crippen molar-refractivity contribution >= 4 is 17.8 Å². The molecule has 1 aromatic carbocycles. The second-order valence-corrected chi connectivity index (χ2v) is 6.98. The lowest BCUT2D eigenvalue weighted by molar-refractivity contribution is -0.137. The molecule has 0 aliphatic carbocycles. The van der Waals surface area contributed by atoms with Crippen LogP contribution in [0.4, 0.5) is 0 Å². The van der Waals surface area contributed by atoms with E-state index in [9.17, 15) is 14.4 Å². The summed E-state index contributed by atoms with van der Waals surface area (Å²) in [5.74, 6) is -1.43. The third-order valence-electron chi connectivity index (χ3n) is 3.32. The van der Waals surface area contributed by atoms with Gasteiger partial charge in [0.15, 0.2) is 0 Å². The number of aliphatic carboxylic acids is 1. The van der Waals surface area contributed by atoms with Crippen molar-refractivity contribution in [1.82, 2.24) is 10.6 Å². The third kappa shape index (κ3) is 8.31. The van der Waals surface area contributed by atoms with E-state index < -0.39 is 12.0 Å². The van der Waals surface area contributed by atoms with Crippen molar-refractivity contribution in [3.63, 3.8) is 0 Å². The average Bonchev–Trinajstić information content (AvgIpc) is 2.48. The highest BCUT2D eigenvalue weighted by atomic mass is 16.4. The first-order valence-electron chi connectivity index (χ1n) is 8.00. The molecule has 6 heteroatoms. The number of carbonyl (C=O) groups is 3. The number of benzene rings is 1. The van der Waals surface area contributed by atoms with Gasteiger partial charge in [-0.05, 0) is 17.4 Å². The van der Waals surface area contributed by atoms with Crippen LogP contribution < -0.4 is 10.6 Å². The summed E-state index contributed by atoms with van der Waals surface area (Å²) in [6.07, 6.45) is 0.582. The molecule has 0 aliphatic rings. The Morgan fingerprint density at radius 1 is 1.08 bits per heavy atom. The molecule has 1 unspecified atom stereocenters. The summed E-state index contributed by atoms with van der Waals surface area (Å²) in [6.45, 7) is 5.73. The molecule has 0 aliphatic heterocycles. The summed E-state index contributed by atoms with van der Waals surface area (Å²) < 4.78 is 0. The van der Waals surface area contributed by atoms with Gasteiger partial charge in [-0.1, -0.05) is 51.1 Å². The summed E-state index contributed by atoms with van der Waals surface area (Å²) >= 11 is 0. The minimum absolute atomic E-state index is 0.0454. The lowest BCUT2D eigenvalue weighted by Gasteiger charge is -2.20. The van der Waals surface area contributed by atoms with Gasteiger partial charge in [0.2, 0.25) is 11.8 Å². The van der Waals surface area contributed by atoms with Gasteiger partial charge in [0.25, 0.3) is 0 Å². The van der Waals surface area contributed by atoms with Crippen molar-refractivity contribution in [3.05, 3.63) is 35.9 Å². The fourth-order valence-electron chi connectivity index (χ4n) is 2.24. The largest absolute Gasteiger partial charge is 0.481 e. The predicted molar refractivity (Wildman–Crippen MR) is 91.3 cm³/mol. The lowest BCUT2D eigenvalue weighted by atomic mass is 9.92. The zero-order valence-corrected chi connectivity index (χ0v) is 14.5. The van der Waals surface area contributed by atoms with Crippen molar-refractivity contribution in [2.24, 2.45) is 5.41 Å². The van der Waals surface area contributed by atoms with Crippen LogP contribution in [0.1, 0.15) is 51.6 Å². The SMILES string of the molecule is CC(C)(C)CC(=O)NCC(=O)NC(CCC(=O)O)c1ccccc1. The van der Waals surface area contributed by atoms with Gasteiger partial charge < -0.3 is 15.7 Å². The summed E-state index contributed by atoms with van der Waals surface area (Å²) in [5.41, 5.74) is 0.697. The number of nitrogens with one attached hydrogen (secondary N) is 2. The molecule has 0 saturated heterocycles. The second-order valence-electron chi connectivity index (χ2n) is 6.98. The molecule has 24 heavy (non-hydrogen) atoms. The molecule has 3 N–H and O–H groups in total. The van der Waals surface area contributed by atoms with E-state index in [1.807, 2.05) is 51.1 Å². The van der Waals surface area contributed by atoms with Crippen LogP contribution >= 0.6 is 0 Å². The summed E-state index contributed by atoms with van der Waals surface area (Å²) in [6, 6.07) is 8.80. The molecule has 1 rings (SSSR count).